The molecule has 144 valence electrons. The third-order valence-corrected chi connectivity index (χ3v) is 6.00. The second-order valence-electron chi connectivity index (χ2n) is 6.86. The Hall–Kier alpha value is -2.25. The number of likely N-dealkylation sites (N-methyl/N-ethyl adjacent to an activating group) is 1. The van der Waals surface area contributed by atoms with Crippen LogP contribution in [-0.4, -0.2) is 64.0 Å². The molecule has 7 heteroatoms. The minimum atomic E-state index is -0.801. The molecule has 0 radical (unpaired) electrons. The highest BCUT2D eigenvalue weighted by atomic mass is 32.1. The van der Waals surface area contributed by atoms with E-state index in [4.69, 9.17) is 5.11 Å². The fourth-order valence-electron chi connectivity index (χ4n) is 3.56. The maximum atomic E-state index is 12.9. The van der Waals surface area contributed by atoms with E-state index in [1.165, 1.54) is 0 Å². The van der Waals surface area contributed by atoms with Crippen molar-refractivity contribution in [3.63, 3.8) is 0 Å². The highest BCUT2D eigenvalue weighted by Gasteiger charge is 2.27. The number of carboxylic acids is 1. The van der Waals surface area contributed by atoms with Crippen molar-refractivity contribution in [3.8, 4) is 10.6 Å². The van der Waals surface area contributed by atoms with E-state index >= 15 is 0 Å². The molecule has 1 saturated heterocycles. The number of piperidine rings is 1. The molecule has 0 unspecified atom stereocenters. The first kappa shape index (κ1) is 19.5. The van der Waals surface area contributed by atoms with Crippen LogP contribution in [0.1, 0.15) is 35.8 Å². The van der Waals surface area contributed by atoms with Gasteiger partial charge >= 0.3 is 5.97 Å². The number of likely N-dealkylation sites (tertiary alicyclic amines) is 1. The van der Waals surface area contributed by atoms with Crippen LogP contribution in [0, 0.1) is 6.92 Å². The predicted molar refractivity (Wildman–Crippen MR) is 106 cm³/mol. The molecule has 1 aromatic carbocycles. The van der Waals surface area contributed by atoms with Crippen LogP contribution >= 0.6 is 11.3 Å². The van der Waals surface area contributed by atoms with E-state index in [0.29, 0.717) is 25.2 Å². The van der Waals surface area contributed by atoms with E-state index in [0.717, 1.165) is 29.1 Å². The first-order valence-corrected chi connectivity index (χ1v) is 10.1. The molecule has 1 amide bonds. The van der Waals surface area contributed by atoms with Gasteiger partial charge in [-0.2, -0.15) is 0 Å². The van der Waals surface area contributed by atoms with Gasteiger partial charge in [0.25, 0.3) is 5.91 Å². The molecule has 6 nitrogen and oxygen atoms in total. The number of hydrogen-bond donors (Lipinski definition) is 1. The number of rotatable bonds is 6. The van der Waals surface area contributed by atoms with Crippen molar-refractivity contribution in [2.75, 3.05) is 26.2 Å². The van der Waals surface area contributed by atoms with Crippen molar-refractivity contribution in [3.05, 3.63) is 40.9 Å². The number of amides is 1. The first-order chi connectivity index (χ1) is 13.0. The van der Waals surface area contributed by atoms with Crippen LogP contribution in [0.25, 0.3) is 10.6 Å². The Morgan fingerprint density at radius 3 is 2.67 bits per heavy atom. The minimum absolute atomic E-state index is 0.0323. The van der Waals surface area contributed by atoms with Crippen molar-refractivity contribution >= 4 is 23.2 Å². The summed E-state index contributed by atoms with van der Waals surface area (Å²) < 4.78 is 0. The molecule has 1 aliphatic heterocycles. The Kier molecular flexibility index (Phi) is 6.23. The van der Waals surface area contributed by atoms with E-state index in [9.17, 15) is 9.59 Å². The second-order valence-corrected chi connectivity index (χ2v) is 7.71. The fourth-order valence-corrected chi connectivity index (χ4v) is 4.36. The van der Waals surface area contributed by atoms with Gasteiger partial charge < -0.3 is 10.0 Å². The molecular formula is C20H25N3O3S. The number of carbonyl (C=O) groups excluding carboxylic acids is 1. The van der Waals surface area contributed by atoms with Crippen molar-refractivity contribution in [2.24, 2.45) is 0 Å². The summed E-state index contributed by atoms with van der Waals surface area (Å²) in [5.41, 5.74) is 2.62. The van der Waals surface area contributed by atoms with Gasteiger partial charge in [-0.1, -0.05) is 19.1 Å². The molecule has 0 aliphatic carbocycles. The average molecular weight is 388 g/mol. The molecule has 3 rings (SSSR count). The third-order valence-electron chi connectivity index (χ3n) is 4.99. The number of aryl methyl sites for hydroxylation is 1. The summed E-state index contributed by atoms with van der Waals surface area (Å²) in [6.45, 7) is 6.01. The minimum Gasteiger partial charge on any atom is -0.480 e. The van der Waals surface area contributed by atoms with Crippen LogP contribution in [-0.2, 0) is 4.79 Å². The first-order valence-electron chi connectivity index (χ1n) is 9.25. The zero-order valence-corrected chi connectivity index (χ0v) is 16.5. The quantitative estimate of drug-likeness (QED) is 0.824. The molecule has 0 bridgehead atoms. The van der Waals surface area contributed by atoms with E-state index in [2.05, 4.69) is 4.98 Å². The van der Waals surface area contributed by atoms with Gasteiger partial charge in [-0.3, -0.25) is 14.5 Å². The fraction of sp³-hybridized carbons (Fsp3) is 0.450. The molecule has 0 atom stereocenters. The summed E-state index contributed by atoms with van der Waals surface area (Å²) in [6.07, 6.45) is 1.61. The standard InChI is InChI=1S/C20H25N3O3S/c1-3-22(12-18(24)25)17-7-9-23(10-8-17)20(26)16-6-4-5-15(11-16)19-21-14(2)13-27-19/h4-6,11,13,17H,3,7-10,12H2,1-2H3,(H,24,25). The van der Waals surface area contributed by atoms with Gasteiger partial charge in [-0.05, 0) is 38.4 Å². The Bertz CT molecular complexity index is 812. The highest BCUT2D eigenvalue weighted by Crippen LogP contribution is 2.25. The van der Waals surface area contributed by atoms with Gasteiger partial charge in [-0.15, -0.1) is 11.3 Å². The lowest BCUT2D eigenvalue weighted by Crippen LogP contribution is -2.48. The van der Waals surface area contributed by atoms with Crippen LogP contribution in [0.3, 0.4) is 0 Å². The predicted octanol–water partition coefficient (Wildman–Crippen LogP) is 3.13. The number of aromatic nitrogens is 1. The summed E-state index contributed by atoms with van der Waals surface area (Å²) in [4.78, 5) is 32.3. The van der Waals surface area contributed by atoms with Gasteiger partial charge in [0.15, 0.2) is 0 Å². The number of carboxylic acid groups (broad SMARTS) is 1. The van der Waals surface area contributed by atoms with Crippen LogP contribution in [0.2, 0.25) is 0 Å². The van der Waals surface area contributed by atoms with Crippen LogP contribution in [0.4, 0.5) is 0 Å². The Morgan fingerprint density at radius 1 is 1.33 bits per heavy atom. The smallest absolute Gasteiger partial charge is 0.317 e. The largest absolute Gasteiger partial charge is 0.480 e. The molecular weight excluding hydrogens is 362 g/mol. The second kappa shape index (κ2) is 8.63. The van der Waals surface area contributed by atoms with E-state index in [-0.39, 0.29) is 18.5 Å². The Balaban J connectivity index is 1.65. The van der Waals surface area contributed by atoms with Gasteiger partial charge in [-0.25, -0.2) is 4.98 Å². The maximum absolute atomic E-state index is 12.9. The van der Waals surface area contributed by atoms with Crippen molar-refractivity contribution in [1.29, 1.82) is 0 Å². The molecule has 1 fully saturated rings. The number of aliphatic carboxylic acids is 1. The molecule has 1 N–H and O–H groups in total. The third kappa shape index (κ3) is 4.73. The Labute approximate surface area is 163 Å². The number of carbonyl (C=O) groups is 2. The summed E-state index contributed by atoms with van der Waals surface area (Å²) in [5.74, 6) is -0.769. The molecule has 2 aromatic rings. The normalized spacial score (nSPS) is 15.3. The van der Waals surface area contributed by atoms with Crippen LogP contribution < -0.4 is 0 Å². The summed E-state index contributed by atoms with van der Waals surface area (Å²) in [5, 5.41) is 12.0. The molecule has 2 heterocycles. The van der Waals surface area contributed by atoms with E-state index in [1.807, 2.05) is 53.3 Å². The van der Waals surface area contributed by atoms with Gasteiger partial charge in [0.05, 0.1) is 6.54 Å². The molecule has 0 saturated carbocycles. The number of nitrogens with zero attached hydrogens (tertiary/aromatic N) is 3. The van der Waals surface area contributed by atoms with Crippen molar-refractivity contribution in [1.82, 2.24) is 14.8 Å². The van der Waals surface area contributed by atoms with Crippen molar-refractivity contribution in [2.45, 2.75) is 32.7 Å². The SMILES string of the molecule is CCN(CC(=O)O)C1CCN(C(=O)c2cccc(-c3nc(C)cs3)c2)CC1. The molecule has 27 heavy (non-hydrogen) atoms. The monoisotopic (exact) mass is 387 g/mol. The number of thiazole rings is 1. The number of benzene rings is 1. The lowest BCUT2D eigenvalue weighted by atomic mass is 10.0. The Morgan fingerprint density at radius 2 is 2.07 bits per heavy atom. The summed E-state index contributed by atoms with van der Waals surface area (Å²) in [7, 11) is 0. The van der Waals surface area contributed by atoms with Crippen LogP contribution in [0.5, 0.6) is 0 Å². The molecule has 1 aliphatic rings. The zero-order valence-electron chi connectivity index (χ0n) is 15.7. The van der Waals surface area contributed by atoms with Gasteiger partial charge in [0, 0.05) is 41.3 Å². The molecule has 0 spiro atoms. The topological polar surface area (TPSA) is 73.7 Å². The maximum Gasteiger partial charge on any atom is 0.317 e. The van der Waals surface area contributed by atoms with Crippen LogP contribution in [0.15, 0.2) is 29.6 Å². The molecule has 1 aromatic heterocycles. The summed E-state index contributed by atoms with van der Waals surface area (Å²) >= 11 is 1.58. The highest BCUT2D eigenvalue weighted by molar-refractivity contribution is 7.13. The van der Waals surface area contributed by atoms with Gasteiger partial charge in [0.2, 0.25) is 0 Å². The number of hydrogen-bond acceptors (Lipinski definition) is 5. The average Bonchev–Trinajstić information content (AvgIpc) is 3.12. The summed E-state index contributed by atoms with van der Waals surface area (Å²) in [6, 6.07) is 7.86. The van der Waals surface area contributed by atoms with E-state index < -0.39 is 5.97 Å². The van der Waals surface area contributed by atoms with E-state index in [1.54, 1.807) is 11.3 Å². The van der Waals surface area contributed by atoms with Gasteiger partial charge in [0.1, 0.15) is 5.01 Å². The van der Waals surface area contributed by atoms with Crippen molar-refractivity contribution < 1.29 is 14.7 Å². The lowest BCUT2D eigenvalue weighted by molar-refractivity contribution is -0.139. The lowest BCUT2D eigenvalue weighted by Gasteiger charge is -2.37. The zero-order chi connectivity index (χ0) is 19.4.